The Morgan fingerprint density at radius 1 is 0.521 bits per heavy atom. The molecule has 0 saturated carbocycles. The van der Waals surface area contributed by atoms with Crippen molar-refractivity contribution < 1.29 is 44.0 Å². The molecule has 8 N–H and O–H groups in total. The van der Waals surface area contributed by atoms with E-state index in [0.29, 0.717) is 5.69 Å². The van der Waals surface area contributed by atoms with Crippen LogP contribution in [0.5, 0.6) is 5.75 Å². The molecule has 0 bridgehead atoms. The van der Waals surface area contributed by atoms with E-state index in [2.05, 4.69) is 20.5 Å². The molecule has 48 heavy (non-hydrogen) atoms. The van der Waals surface area contributed by atoms with Crippen LogP contribution >= 0.6 is 0 Å². The van der Waals surface area contributed by atoms with E-state index in [1.807, 2.05) is 0 Å². The molecule has 0 aliphatic rings. The molecule has 5 rings (SSSR count). The Morgan fingerprint density at radius 3 is 1.62 bits per heavy atom. The topological polar surface area (TPSA) is 285 Å². The van der Waals surface area contributed by atoms with Gasteiger partial charge in [-0.3, -0.25) is 13.7 Å². The van der Waals surface area contributed by atoms with Gasteiger partial charge in [-0.1, -0.05) is 24.3 Å². The number of hydrogen-bond donors (Lipinski definition) is 6. The Hall–Kier alpha value is -2.05. The summed E-state index contributed by atoms with van der Waals surface area (Å²) in [5, 5.41) is 26.4. The van der Waals surface area contributed by atoms with Gasteiger partial charge in [-0.05, 0) is 53.9 Å². The largest absolute Gasteiger partial charge is 0.505 e. The van der Waals surface area contributed by atoms with Gasteiger partial charge < -0.3 is 16.6 Å². The maximum Gasteiger partial charge on any atom is 0.296 e. The number of fused-ring (bicyclic) bond motifs is 2. The zero-order chi connectivity index (χ0) is 32.9. The third-order valence-electron chi connectivity index (χ3n) is 6.40. The molecule has 0 atom stereocenters. The quantitative estimate of drug-likeness (QED) is 0.0589. The minimum absolute atomic E-state index is 0. The van der Waals surface area contributed by atoms with Gasteiger partial charge >= 0.3 is 0 Å². The number of anilines is 2. The Morgan fingerprint density at radius 2 is 1.04 bits per heavy atom. The molecular formula is C26H20N6Na3O10S3. The molecule has 22 heteroatoms. The van der Waals surface area contributed by atoms with Crippen LogP contribution in [0, 0.1) is 0 Å². The van der Waals surface area contributed by atoms with Crippen molar-refractivity contribution in [1.82, 2.24) is 0 Å². The van der Waals surface area contributed by atoms with Gasteiger partial charge in [-0.25, -0.2) is 0 Å². The van der Waals surface area contributed by atoms with Crippen molar-refractivity contribution in [3.63, 3.8) is 0 Å². The molecule has 3 radical (unpaired) electrons. The maximum atomic E-state index is 12.3. The molecule has 0 amide bonds. The van der Waals surface area contributed by atoms with E-state index in [1.165, 1.54) is 48.5 Å². The van der Waals surface area contributed by atoms with Gasteiger partial charge in [0.1, 0.15) is 31.7 Å². The molecule has 235 valence electrons. The molecule has 0 heterocycles. The fourth-order valence-corrected chi connectivity index (χ4v) is 6.38. The number of nitrogens with two attached hydrogens (primary N) is 2. The van der Waals surface area contributed by atoms with E-state index in [-0.39, 0.29) is 127 Å². The van der Waals surface area contributed by atoms with Gasteiger partial charge in [0.15, 0.2) is 5.75 Å². The van der Waals surface area contributed by atoms with E-state index < -0.39 is 62.2 Å². The van der Waals surface area contributed by atoms with Crippen molar-refractivity contribution in [3.05, 3.63) is 72.8 Å². The van der Waals surface area contributed by atoms with Crippen LogP contribution in [0.4, 0.5) is 34.1 Å². The van der Waals surface area contributed by atoms with Crippen LogP contribution in [0.1, 0.15) is 0 Å². The molecule has 0 spiro atoms. The summed E-state index contributed by atoms with van der Waals surface area (Å²) in [5.41, 5.74) is 10.7. The van der Waals surface area contributed by atoms with Crippen LogP contribution in [-0.2, 0) is 30.4 Å². The molecule has 0 saturated heterocycles. The summed E-state index contributed by atoms with van der Waals surface area (Å²) >= 11 is 0. The van der Waals surface area contributed by atoms with E-state index in [9.17, 15) is 44.0 Å². The average molecular weight is 742 g/mol. The number of azo groups is 2. The first-order chi connectivity index (χ1) is 20.9. The molecule has 0 aromatic heterocycles. The smallest absolute Gasteiger partial charge is 0.296 e. The molecule has 16 nitrogen and oxygen atoms in total. The fraction of sp³-hybridized carbons (Fsp3) is 0. The second kappa shape index (κ2) is 15.9. The van der Waals surface area contributed by atoms with Crippen molar-refractivity contribution in [3.8, 4) is 5.75 Å². The van der Waals surface area contributed by atoms with Gasteiger partial charge in [0.05, 0.1) is 11.4 Å². The molecule has 5 aromatic rings. The van der Waals surface area contributed by atoms with Crippen molar-refractivity contribution in [2.75, 3.05) is 11.5 Å². The summed E-state index contributed by atoms with van der Waals surface area (Å²) in [4.78, 5) is -2.24. The predicted octanol–water partition coefficient (Wildman–Crippen LogP) is 4.29. The maximum absolute atomic E-state index is 12.3. The molecule has 0 fully saturated rings. The van der Waals surface area contributed by atoms with E-state index in [4.69, 9.17) is 11.5 Å². The van der Waals surface area contributed by atoms with Crippen molar-refractivity contribution >= 4 is 175 Å². The van der Waals surface area contributed by atoms with Gasteiger partial charge in [0.2, 0.25) is 0 Å². The first-order valence-electron chi connectivity index (χ1n) is 12.2. The monoisotopic (exact) mass is 741 g/mol. The second-order valence-electron chi connectivity index (χ2n) is 9.38. The van der Waals surface area contributed by atoms with Gasteiger partial charge in [-0.2, -0.15) is 25.3 Å². The first-order valence-corrected chi connectivity index (χ1v) is 16.5. The molecule has 0 aliphatic heterocycles. The summed E-state index contributed by atoms with van der Waals surface area (Å²) in [7, 11) is -14.8. The van der Waals surface area contributed by atoms with Crippen LogP contribution in [0.3, 0.4) is 0 Å². The zero-order valence-corrected chi connectivity index (χ0v) is 33.8. The van der Waals surface area contributed by atoms with Gasteiger partial charge in [-0.15, -0.1) is 20.5 Å². The average Bonchev–Trinajstić information content (AvgIpc) is 2.94. The van der Waals surface area contributed by atoms with Crippen molar-refractivity contribution in [2.45, 2.75) is 14.7 Å². The van der Waals surface area contributed by atoms with Crippen molar-refractivity contribution in [1.29, 1.82) is 0 Å². The summed E-state index contributed by atoms with van der Waals surface area (Å²) in [6, 6.07) is 14.8. The number of phenolic OH excluding ortho intramolecular Hbond substituents is 1. The number of phenols is 1. The summed E-state index contributed by atoms with van der Waals surface area (Å²) < 4.78 is 102. The minimum atomic E-state index is -5.14. The van der Waals surface area contributed by atoms with Crippen LogP contribution in [0.15, 0.2) is 108 Å². The molecule has 0 aliphatic carbocycles. The van der Waals surface area contributed by atoms with E-state index >= 15 is 0 Å². The van der Waals surface area contributed by atoms with Crippen LogP contribution in [-0.4, -0.2) is 133 Å². The van der Waals surface area contributed by atoms with E-state index in [1.54, 1.807) is 0 Å². The van der Waals surface area contributed by atoms with E-state index in [0.717, 1.165) is 24.3 Å². The standard InChI is InChI=1S/C26H20N6O10S3.3Na/c27-14-5-6-20(18(28)11-14)30-31-21-12-17-13(9-23(21)44(37,38)39)10-24(45(40,41)42)25(26(17)33)32-29-19-7-8-22(43(34,35)36)16-4-2-1-3-15(16)19;;;/h1-12,33H,27-28H2,(H,34,35,36)(H,37,38,39)(H,40,41,42);;;. The summed E-state index contributed by atoms with van der Waals surface area (Å²) in [5.74, 6) is -0.895. The Labute approximate surface area is 339 Å². The normalized spacial score (nSPS) is 12.1. The summed E-state index contributed by atoms with van der Waals surface area (Å²) in [6.45, 7) is 0. The first kappa shape index (κ1) is 42.1. The van der Waals surface area contributed by atoms with Crippen LogP contribution in [0.2, 0.25) is 0 Å². The Bertz CT molecular complexity index is 2460. The number of nitrogens with zero attached hydrogens (tertiary/aromatic N) is 4. The van der Waals surface area contributed by atoms with Gasteiger partial charge in [0, 0.05) is 111 Å². The number of nitrogen functional groups attached to an aromatic ring is 2. The number of benzene rings is 5. The Kier molecular flexibility index (Phi) is 13.9. The zero-order valence-electron chi connectivity index (χ0n) is 25.3. The van der Waals surface area contributed by atoms with Crippen LogP contribution < -0.4 is 11.5 Å². The molecule has 5 aromatic carbocycles. The Balaban J connectivity index is 0.00000267. The predicted molar refractivity (Wildman–Crippen MR) is 180 cm³/mol. The van der Waals surface area contributed by atoms with Gasteiger partial charge in [0.25, 0.3) is 30.4 Å². The summed E-state index contributed by atoms with van der Waals surface area (Å²) in [6.07, 6.45) is 0. The number of aromatic hydroxyl groups is 1. The fourth-order valence-electron chi connectivity index (χ4n) is 4.38. The minimum Gasteiger partial charge on any atom is -0.505 e. The number of hydrogen-bond acceptors (Lipinski definition) is 13. The SMILES string of the molecule is Nc1ccc(N=Nc2cc3c(O)c(N=Nc4ccc(S(=O)(=O)O)c5ccccc45)c(S(=O)(=O)O)cc3cc2S(=O)(=O)O)c(N)c1.[Na].[Na].[Na]. The molecular weight excluding hydrogens is 721 g/mol. The second-order valence-corrected chi connectivity index (χ2v) is 13.6. The van der Waals surface area contributed by atoms with Crippen LogP contribution in [0.25, 0.3) is 21.5 Å². The third kappa shape index (κ3) is 8.99. The van der Waals surface area contributed by atoms with Crippen molar-refractivity contribution in [2.24, 2.45) is 20.5 Å². The number of rotatable bonds is 7. The third-order valence-corrected chi connectivity index (χ3v) is 9.06. The molecule has 0 unspecified atom stereocenters.